The van der Waals surface area contributed by atoms with E-state index in [0.29, 0.717) is 5.56 Å². The van der Waals surface area contributed by atoms with Crippen LogP contribution >= 0.6 is 0 Å². The van der Waals surface area contributed by atoms with E-state index in [-0.39, 0.29) is 24.2 Å². The molecule has 0 aromatic heterocycles. The Bertz CT molecular complexity index is 832. The maximum Gasteiger partial charge on any atom is 0.416 e. The van der Waals surface area contributed by atoms with Crippen LogP contribution in [0.3, 0.4) is 0 Å². The first-order valence-electron chi connectivity index (χ1n) is 7.94. The SMILES string of the molecule is Cc1ccc2c(c1)[C@@H]1NC(=O)N[C@@H]1[C@@H](c1ccc(C(F)(F)F)cc1)N2. The Morgan fingerprint density at radius 1 is 0.920 bits per heavy atom. The number of fused-ring (bicyclic) bond motifs is 3. The minimum Gasteiger partial charge on any atom is -0.376 e. The second-order valence-corrected chi connectivity index (χ2v) is 6.45. The molecule has 0 radical (unpaired) electrons. The van der Waals surface area contributed by atoms with Crippen LogP contribution in [-0.2, 0) is 6.18 Å². The van der Waals surface area contributed by atoms with Crippen LogP contribution in [-0.4, -0.2) is 12.1 Å². The highest BCUT2D eigenvalue weighted by Gasteiger charge is 2.43. The first-order chi connectivity index (χ1) is 11.8. The third-order valence-electron chi connectivity index (χ3n) is 4.75. The van der Waals surface area contributed by atoms with Gasteiger partial charge in [0.1, 0.15) is 0 Å². The monoisotopic (exact) mass is 347 g/mol. The van der Waals surface area contributed by atoms with E-state index >= 15 is 0 Å². The van der Waals surface area contributed by atoms with Crippen molar-refractivity contribution in [3.8, 4) is 0 Å². The number of halogens is 3. The van der Waals surface area contributed by atoms with Gasteiger partial charge in [-0.05, 0) is 30.7 Å². The summed E-state index contributed by atoms with van der Waals surface area (Å²) in [4.78, 5) is 11.9. The fourth-order valence-corrected chi connectivity index (χ4v) is 3.55. The fourth-order valence-electron chi connectivity index (χ4n) is 3.55. The molecule has 0 saturated carbocycles. The quantitative estimate of drug-likeness (QED) is 0.733. The summed E-state index contributed by atoms with van der Waals surface area (Å²) < 4.78 is 38.3. The molecule has 4 nitrogen and oxygen atoms in total. The van der Waals surface area contributed by atoms with E-state index in [2.05, 4.69) is 16.0 Å². The van der Waals surface area contributed by atoms with Gasteiger partial charge in [-0.2, -0.15) is 13.2 Å². The van der Waals surface area contributed by atoms with Gasteiger partial charge in [0.2, 0.25) is 0 Å². The Kier molecular flexibility index (Phi) is 3.42. The normalized spacial score (nSPS) is 24.6. The predicted molar refractivity (Wildman–Crippen MR) is 87.2 cm³/mol. The maximum absolute atomic E-state index is 12.8. The zero-order chi connectivity index (χ0) is 17.8. The van der Waals surface area contributed by atoms with Crippen molar-refractivity contribution < 1.29 is 18.0 Å². The molecule has 2 aliphatic heterocycles. The van der Waals surface area contributed by atoms with Crippen LogP contribution in [0.15, 0.2) is 42.5 Å². The number of carbonyl (C=O) groups excluding carboxylic acids is 1. The molecule has 1 saturated heterocycles. The third kappa shape index (κ3) is 2.69. The lowest BCUT2D eigenvalue weighted by Crippen LogP contribution is -2.41. The Labute approximate surface area is 142 Å². The zero-order valence-corrected chi connectivity index (χ0v) is 13.3. The molecule has 3 N–H and O–H groups in total. The van der Waals surface area contributed by atoms with Crippen molar-refractivity contribution in [2.75, 3.05) is 5.32 Å². The molecule has 0 bridgehead atoms. The van der Waals surface area contributed by atoms with Crippen LogP contribution < -0.4 is 16.0 Å². The van der Waals surface area contributed by atoms with Crippen LogP contribution in [0.5, 0.6) is 0 Å². The lowest BCUT2D eigenvalue weighted by molar-refractivity contribution is -0.137. The summed E-state index contributed by atoms with van der Waals surface area (Å²) in [7, 11) is 0. The molecular formula is C18H16F3N3O. The van der Waals surface area contributed by atoms with Crippen molar-refractivity contribution in [2.24, 2.45) is 0 Å². The van der Waals surface area contributed by atoms with E-state index in [4.69, 9.17) is 0 Å². The van der Waals surface area contributed by atoms with E-state index in [1.54, 1.807) is 0 Å². The highest BCUT2D eigenvalue weighted by atomic mass is 19.4. The van der Waals surface area contributed by atoms with E-state index in [1.807, 2.05) is 25.1 Å². The molecule has 2 aliphatic rings. The standard InChI is InChI=1S/C18H16F3N3O/c1-9-2-7-13-12(8-9)15-16(24-17(25)23-15)14(22-13)10-3-5-11(6-4-10)18(19,20)21/h2-8,14-16,22H,1H3,(H2,23,24,25)/t14-,15+,16-/m1/s1. The summed E-state index contributed by atoms with van der Waals surface area (Å²) in [6.45, 7) is 1.97. The topological polar surface area (TPSA) is 53.2 Å². The lowest BCUT2D eigenvalue weighted by Gasteiger charge is -2.36. The largest absolute Gasteiger partial charge is 0.416 e. The van der Waals surface area contributed by atoms with Crippen molar-refractivity contribution in [3.05, 3.63) is 64.7 Å². The van der Waals surface area contributed by atoms with Gasteiger partial charge in [0, 0.05) is 11.3 Å². The molecule has 3 atom stereocenters. The fraction of sp³-hybridized carbons (Fsp3) is 0.278. The molecule has 1 fully saturated rings. The number of benzene rings is 2. The molecule has 130 valence electrons. The minimum atomic E-state index is -4.37. The summed E-state index contributed by atoms with van der Waals surface area (Å²) in [5.41, 5.74) is 2.94. The Morgan fingerprint density at radius 2 is 1.64 bits per heavy atom. The van der Waals surface area contributed by atoms with Crippen molar-refractivity contribution >= 4 is 11.7 Å². The minimum absolute atomic E-state index is 0.226. The van der Waals surface area contributed by atoms with Crippen LogP contribution in [0.2, 0.25) is 0 Å². The number of rotatable bonds is 1. The Balaban J connectivity index is 1.73. The van der Waals surface area contributed by atoms with E-state index in [9.17, 15) is 18.0 Å². The van der Waals surface area contributed by atoms with Crippen molar-refractivity contribution in [1.29, 1.82) is 0 Å². The number of alkyl halides is 3. The van der Waals surface area contributed by atoms with Crippen LogP contribution in [0.1, 0.15) is 34.3 Å². The summed E-state index contributed by atoms with van der Waals surface area (Å²) in [6.07, 6.45) is -4.37. The second-order valence-electron chi connectivity index (χ2n) is 6.45. The first kappa shape index (κ1) is 15.8. The van der Waals surface area contributed by atoms with Crippen molar-refractivity contribution in [3.63, 3.8) is 0 Å². The number of carbonyl (C=O) groups is 1. The van der Waals surface area contributed by atoms with Gasteiger partial charge >= 0.3 is 12.2 Å². The summed E-state index contributed by atoms with van der Waals surface area (Å²) in [5.74, 6) is 0. The number of hydrogen-bond acceptors (Lipinski definition) is 2. The van der Waals surface area contributed by atoms with Gasteiger partial charge in [-0.15, -0.1) is 0 Å². The second kappa shape index (κ2) is 5.40. The van der Waals surface area contributed by atoms with Gasteiger partial charge in [-0.25, -0.2) is 4.79 Å². The average Bonchev–Trinajstić information content (AvgIpc) is 2.95. The molecule has 4 rings (SSSR count). The van der Waals surface area contributed by atoms with Crippen LogP contribution in [0.4, 0.5) is 23.7 Å². The summed E-state index contributed by atoms with van der Waals surface area (Å²) >= 11 is 0. The molecular weight excluding hydrogens is 331 g/mol. The highest BCUT2D eigenvalue weighted by Crippen LogP contribution is 2.41. The molecule has 0 unspecified atom stereocenters. The number of aryl methyl sites for hydroxylation is 1. The number of hydrogen-bond donors (Lipinski definition) is 3. The van der Waals surface area contributed by atoms with Gasteiger partial charge in [0.25, 0.3) is 0 Å². The summed E-state index contributed by atoms with van der Waals surface area (Å²) in [6, 6.07) is 9.86. The summed E-state index contributed by atoms with van der Waals surface area (Å²) in [5, 5.41) is 9.13. The first-order valence-corrected chi connectivity index (χ1v) is 7.94. The van der Waals surface area contributed by atoms with Crippen LogP contribution in [0.25, 0.3) is 0 Å². The number of amides is 2. The third-order valence-corrected chi connectivity index (χ3v) is 4.75. The molecule has 0 spiro atoms. The molecule has 2 aromatic carbocycles. The molecule has 0 aliphatic carbocycles. The smallest absolute Gasteiger partial charge is 0.376 e. The van der Waals surface area contributed by atoms with Crippen LogP contribution in [0, 0.1) is 6.92 Å². The number of anilines is 1. The molecule has 2 heterocycles. The molecule has 2 amide bonds. The lowest BCUT2D eigenvalue weighted by atomic mass is 9.85. The van der Waals surface area contributed by atoms with Gasteiger partial charge in [0.15, 0.2) is 0 Å². The Hall–Kier alpha value is -2.70. The zero-order valence-electron chi connectivity index (χ0n) is 13.3. The average molecular weight is 347 g/mol. The predicted octanol–water partition coefficient (Wildman–Crippen LogP) is 3.90. The molecule has 2 aromatic rings. The van der Waals surface area contributed by atoms with Crippen molar-refractivity contribution in [1.82, 2.24) is 10.6 Å². The van der Waals surface area contributed by atoms with E-state index < -0.39 is 11.7 Å². The van der Waals surface area contributed by atoms with Gasteiger partial charge in [-0.3, -0.25) is 0 Å². The maximum atomic E-state index is 12.8. The number of nitrogens with one attached hydrogen (secondary N) is 3. The van der Waals surface area contributed by atoms with E-state index in [0.717, 1.165) is 28.9 Å². The molecule has 7 heteroatoms. The van der Waals surface area contributed by atoms with Crippen molar-refractivity contribution in [2.45, 2.75) is 31.2 Å². The Morgan fingerprint density at radius 3 is 2.32 bits per heavy atom. The van der Waals surface area contributed by atoms with Gasteiger partial charge < -0.3 is 16.0 Å². The number of urea groups is 1. The highest BCUT2D eigenvalue weighted by molar-refractivity contribution is 5.80. The molecule has 25 heavy (non-hydrogen) atoms. The van der Waals surface area contributed by atoms with Gasteiger partial charge in [-0.1, -0.05) is 29.8 Å². The van der Waals surface area contributed by atoms with E-state index in [1.165, 1.54) is 12.1 Å². The van der Waals surface area contributed by atoms with Gasteiger partial charge in [0.05, 0.1) is 23.7 Å².